The van der Waals surface area contributed by atoms with Gasteiger partial charge in [-0.15, -0.1) is 0 Å². The highest BCUT2D eigenvalue weighted by molar-refractivity contribution is 7.45. The Morgan fingerprint density at radius 2 is 1.22 bits per heavy atom. The number of likely N-dealkylation sites (N-methyl/N-ethyl adjacent to an activating group) is 1. The average Bonchev–Trinajstić information content (AvgIpc) is 3.44. The van der Waals surface area contributed by atoms with E-state index in [0.717, 1.165) is 64.2 Å². The first kappa shape index (κ1) is 55.6. The number of phosphoric acid groups is 1. The van der Waals surface area contributed by atoms with Crippen molar-refractivity contribution in [3.63, 3.8) is 0 Å². The molecule has 348 valence electrons. The van der Waals surface area contributed by atoms with Gasteiger partial charge in [0, 0.05) is 25.2 Å². The lowest BCUT2D eigenvalue weighted by atomic mass is 9.88. The van der Waals surface area contributed by atoms with Gasteiger partial charge in [-0.05, 0) is 31.6 Å². The number of rotatable bonds is 39. The van der Waals surface area contributed by atoms with Crippen molar-refractivity contribution in [2.75, 3.05) is 47.5 Å². The molecule has 0 radical (unpaired) electrons. The van der Waals surface area contributed by atoms with E-state index in [-0.39, 0.29) is 37.9 Å². The molecule has 3 N–H and O–H groups in total. The molecule has 12 nitrogen and oxygen atoms in total. The van der Waals surface area contributed by atoms with Crippen molar-refractivity contribution in [2.45, 2.75) is 212 Å². The number of quaternary nitrogens is 1. The van der Waals surface area contributed by atoms with Crippen molar-refractivity contribution in [1.82, 2.24) is 0 Å². The first-order valence-corrected chi connectivity index (χ1v) is 25.1. The number of phosphoric ester groups is 1. The van der Waals surface area contributed by atoms with E-state index in [1.54, 1.807) is 6.08 Å². The fourth-order valence-electron chi connectivity index (χ4n) is 7.63. The molecule has 0 heterocycles. The number of aliphatic hydroxyl groups excluding tert-OH is 3. The van der Waals surface area contributed by atoms with Gasteiger partial charge >= 0.3 is 11.9 Å². The third kappa shape index (κ3) is 31.2. The van der Waals surface area contributed by atoms with Gasteiger partial charge in [0.2, 0.25) is 0 Å². The zero-order valence-electron chi connectivity index (χ0n) is 38.0. The largest absolute Gasteiger partial charge is 0.756 e. The first-order valence-electron chi connectivity index (χ1n) is 23.7. The van der Waals surface area contributed by atoms with E-state index in [4.69, 9.17) is 18.5 Å². The number of hydrogen-bond acceptors (Lipinski definition) is 11. The number of nitrogens with zero attached hydrogens (tertiary/aromatic N) is 1. The molecular formula is C46H88NO11P. The van der Waals surface area contributed by atoms with Crippen LogP contribution < -0.4 is 4.89 Å². The molecule has 0 saturated heterocycles. The number of esters is 2. The lowest BCUT2D eigenvalue weighted by Crippen LogP contribution is -2.37. The van der Waals surface area contributed by atoms with Gasteiger partial charge in [0.1, 0.15) is 19.8 Å². The van der Waals surface area contributed by atoms with Crippen LogP contribution in [-0.2, 0) is 32.7 Å². The Bertz CT molecular complexity index is 1130. The third-order valence-electron chi connectivity index (χ3n) is 11.4. The summed E-state index contributed by atoms with van der Waals surface area (Å²) in [6, 6.07) is 0. The fraction of sp³-hybridized carbons (Fsp3) is 0.913. The molecule has 1 fully saturated rings. The summed E-state index contributed by atoms with van der Waals surface area (Å²) in [6.45, 7) is 3.91. The van der Waals surface area contributed by atoms with Crippen molar-refractivity contribution in [1.29, 1.82) is 0 Å². The molecule has 0 amide bonds. The van der Waals surface area contributed by atoms with Crippen LogP contribution in [-0.4, -0.2) is 104 Å². The van der Waals surface area contributed by atoms with Gasteiger partial charge in [-0.3, -0.25) is 14.2 Å². The molecule has 13 heteroatoms. The fourth-order valence-corrected chi connectivity index (χ4v) is 8.36. The van der Waals surface area contributed by atoms with E-state index in [1.165, 1.54) is 70.6 Å². The maximum Gasteiger partial charge on any atom is 0.306 e. The summed E-state index contributed by atoms with van der Waals surface area (Å²) < 4.78 is 33.9. The topological polar surface area (TPSA) is 172 Å². The summed E-state index contributed by atoms with van der Waals surface area (Å²) in [7, 11) is 1.06. The number of unbranched alkanes of at least 4 members (excludes halogenated alkanes) is 19. The summed E-state index contributed by atoms with van der Waals surface area (Å²) in [6.07, 6.45) is 27.3. The summed E-state index contributed by atoms with van der Waals surface area (Å²) in [5, 5.41) is 31.4. The normalized spacial score (nSPS) is 20.5. The summed E-state index contributed by atoms with van der Waals surface area (Å²) in [4.78, 5) is 37.8. The van der Waals surface area contributed by atoms with Crippen molar-refractivity contribution < 1.29 is 57.4 Å². The van der Waals surface area contributed by atoms with Crippen LogP contribution in [0.15, 0.2) is 12.2 Å². The van der Waals surface area contributed by atoms with Crippen molar-refractivity contribution in [2.24, 2.45) is 11.8 Å². The molecular weight excluding hydrogens is 773 g/mol. The Labute approximate surface area is 359 Å². The quantitative estimate of drug-likeness (QED) is 0.0177. The standard InChI is InChI=1S/C46H88NO11P/c1-6-8-10-11-12-13-14-15-16-17-18-19-20-21-27-31-46(52)58-40(38-57-59(53,54)56-35-34-47(3,4)5)37-55-45(51)30-26-23-22-25-29-41-42(44(50)36-43(41)49)33-32-39(48)28-24-9-7-2/h32-33,39-44,48-50H,6-31,34-38H2,1-5H3/b33-32+/t39-,40+,41+,42+,43-,44+/m0/s1. The number of aliphatic hydroxyl groups is 3. The minimum atomic E-state index is -4.68. The molecule has 1 aliphatic carbocycles. The number of carbonyl (C=O) groups is 2. The maximum atomic E-state index is 12.7. The molecule has 1 unspecified atom stereocenters. The molecule has 0 aliphatic heterocycles. The minimum absolute atomic E-state index is 0.0624. The molecule has 59 heavy (non-hydrogen) atoms. The van der Waals surface area contributed by atoms with Gasteiger partial charge in [-0.25, -0.2) is 0 Å². The smallest absolute Gasteiger partial charge is 0.306 e. The van der Waals surface area contributed by atoms with Gasteiger partial charge in [-0.1, -0.05) is 154 Å². The molecule has 0 aromatic rings. The maximum absolute atomic E-state index is 12.7. The lowest BCUT2D eigenvalue weighted by Gasteiger charge is -2.28. The van der Waals surface area contributed by atoms with E-state index < -0.39 is 50.8 Å². The van der Waals surface area contributed by atoms with E-state index in [1.807, 2.05) is 27.2 Å². The van der Waals surface area contributed by atoms with E-state index in [2.05, 4.69) is 13.8 Å². The van der Waals surface area contributed by atoms with E-state index >= 15 is 0 Å². The minimum Gasteiger partial charge on any atom is -0.756 e. The number of carbonyl (C=O) groups excluding carboxylic acids is 2. The second kappa shape index (κ2) is 34.2. The Morgan fingerprint density at radius 1 is 0.712 bits per heavy atom. The van der Waals surface area contributed by atoms with Gasteiger partial charge in [0.05, 0.1) is 46.1 Å². The summed E-state index contributed by atoms with van der Waals surface area (Å²) in [5.41, 5.74) is 0. The van der Waals surface area contributed by atoms with Gasteiger partial charge in [-0.2, -0.15) is 0 Å². The van der Waals surface area contributed by atoms with Crippen LogP contribution in [0.25, 0.3) is 0 Å². The van der Waals surface area contributed by atoms with Crippen LogP contribution in [0.4, 0.5) is 0 Å². The molecule has 0 aromatic carbocycles. The van der Waals surface area contributed by atoms with Gasteiger partial charge < -0.3 is 43.2 Å². The molecule has 1 rings (SSSR count). The van der Waals surface area contributed by atoms with Gasteiger partial charge in [0.25, 0.3) is 7.82 Å². The number of hydrogen-bond donors (Lipinski definition) is 3. The molecule has 0 bridgehead atoms. The zero-order chi connectivity index (χ0) is 43.8. The highest BCUT2D eigenvalue weighted by Crippen LogP contribution is 2.39. The molecule has 1 saturated carbocycles. The Morgan fingerprint density at radius 3 is 1.78 bits per heavy atom. The van der Waals surface area contributed by atoms with Crippen LogP contribution in [0.5, 0.6) is 0 Å². The number of ether oxygens (including phenoxy) is 2. The predicted molar refractivity (Wildman–Crippen MR) is 233 cm³/mol. The monoisotopic (exact) mass is 862 g/mol. The highest BCUT2D eigenvalue weighted by atomic mass is 31.2. The van der Waals surface area contributed by atoms with Crippen LogP contribution in [0, 0.1) is 11.8 Å². The van der Waals surface area contributed by atoms with E-state index in [0.29, 0.717) is 36.7 Å². The van der Waals surface area contributed by atoms with Gasteiger partial charge in [0.15, 0.2) is 6.10 Å². The summed E-state index contributed by atoms with van der Waals surface area (Å²) >= 11 is 0. The molecule has 0 aromatic heterocycles. The van der Waals surface area contributed by atoms with Crippen molar-refractivity contribution in [3.05, 3.63) is 12.2 Å². The Kier molecular flexibility index (Phi) is 32.2. The van der Waals surface area contributed by atoms with E-state index in [9.17, 15) is 34.4 Å². The average molecular weight is 862 g/mol. The SMILES string of the molecule is CCCCCCCCCCCCCCCCCC(=O)O[C@H](COC(=O)CCCCCC[C@@H]1[C@@H](/C=C/[C@@H](O)CCCCC)[C@H](O)C[C@@H]1O)COP(=O)([O-])OCC[N+](C)(C)C. The zero-order valence-corrected chi connectivity index (χ0v) is 38.9. The molecule has 1 aliphatic rings. The second-order valence-electron chi connectivity index (χ2n) is 18.1. The summed E-state index contributed by atoms with van der Waals surface area (Å²) in [5.74, 6) is -1.24. The molecule has 0 spiro atoms. The van der Waals surface area contributed by atoms with Crippen LogP contribution >= 0.6 is 7.82 Å². The third-order valence-corrected chi connectivity index (χ3v) is 12.4. The predicted octanol–water partition coefficient (Wildman–Crippen LogP) is 9.11. The highest BCUT2D eigenvalue weighted by Gasteiger charge is 2.39. The Hall–Kier alpha value is -1.37. The lowest BCUT2D eigenvalue weighted by molar-refractivity contribution is -0.870. The van der Waals surface area contributed by atoms with Crippen LogP contribution in [0.1, 0.15) is 187 Å². The van der Waals surface area contributed by atoms with Crippen molar-refractivity contribution in [3.8, 4) is 0 Å². The second-order valence-corrected chi connectivity index (χ2v) is 19.5. The first-order chi connectivity index (χ1) is 28.2. The van der Waals surface area contributed by atoms with Crippen molar-refractivity contribution >= 4 is 19.8 Å². The molecule has 7 atom stereocenters. The Balaban J connectivity index is 2.43. The van der Waals surface area contributed by atoms with Crippen LogP contribution in [0.3, 0.4) is 0 Å². The van der Waals surface area contributed by atoms with Crippen LogP contribution in [0.2, 0.25) is 0 Å².